The molecule has 3 aromatic rings. The average molecular weight is 408 g/mol. The highest BCUT2D eigenvalue weighted by Gasteiger charge is 2.30. The van der Waals surface area contributed by atoms with Crippen LogP contribution in [0.2, 0.25) is 0 Å². The number of carbonyl (C=O) groups is 1. The minimum absolute atomic E-state index is 0.129. The monoisotopic (exact) mass is 408 g/mol. The Morgan fingerprint density at radius 2 is 1.97 bits per heavy atom. The lowest BCUT2D eigenvalue weighted by Gasteiger charge is -2.30. The summed E-state index contributed by atoms with van der Waals surface area (Å²) >= 11 is 0. The molecule has 0 aliphatic heterocycles. The summed E-state index contributed by atoms with van der Waals surface area (Å²) in [6.07, 6.45) is 4.35. The van der Waals surface area contributed by atoms with Crippen LogP contribution in [0.1, 0.15) is 36.2 Å². The molecule has 154 valence electrons. The number of halogens is 3. The summed E-state index contributed by atoms with van der Waals surface area (Å²) in [5.41, 5.74) is 1.08. The number of amides is 1. The number of nitrogens with zero attached hydrogens (tertiary/aromatic N) is 5. The van der Waals surface area contributed by atoms with Gasteiger partial charge in [0.05, 0.1) is 12.7 Å². The zero-order chi connectivity index (χ0) is 20.4. The summed E-state index contributed by atoms with van der Waals surface area (Å²) < 4.78 is 38.6. The SMILES string of the molecule is O=C(NC1CCC(NCC(F)(F)F)CC1)c1nc(-n2ccnc2)nc2cn[nH]c12. The molecule has 0 unspecified atom stereocenters. The Labute approximate surface area is 163 Å². The molecule has 3 heterocycles. The van der Waals surface area contributed by atoms with E-state index in [2.05, 4.69) is 35.8 Å². The van der Waals surface area contributed by atoms with Crippen LogP contribution in [0.3, 0.4) is 0 Å². The highest BCUT2D eigenvalue weighted by Crippen LogP contribution is 2.22. The van der Waals surface area contributed by atoms with Gasteiger partial charge in [0.2, 0.25) is 5.95 Å². The molecular formula is C17H19F3N8O. The van der Waals surface area contributed by atoms with Crippen LogP contribution >= 0.6 is 0 Å². The second-order valence-electron chi connectivity index (χ2n) is 6.99. The van der Waals surface area contributed by atoms with Gasteiger partial charge in [-0.05, 0) is 25.7 Å². The predicted octanol–water partition coefficient (Wildman–Crippen LogP) is 1.73. The van der Waals surface area contributed by atoms with Gasteiger partial charge in [-0.2, -0.15) is 18.3 Å². The highest BCUT2D eigenvalue weighted by atomic mass is 19.4. The largest absolute Gasteiger partial charge is 0.401 e. The Balaban J connectivity index is 1.43. The number of imidazole rings is 1. The smallest absolute Gasteiger partial charge is 0.348 e. The molecule has 4 rings (SSSR count). The van der Waals surface area contributed by atoms with Crippen molar-refractivity contribution in [3.63, 3.8) is 0 Å². The molecule has 1 aliphatic rings. The summed E-state index contributed by atoms with van der Waals surface area (Å²) in [7, 11) is 0. The second kappa shape index (κ2) is 7.78. The number of fused-ring (bicyclic) bond motifs is 1. The zero-order valence-electron chi connectivity index (χ0n) is 15.3. The molecule has 0 radical (unpaired) electrons. The molecule has 29 heavy (non-hydrogen) atoms. The van der Waals surface area contributed by atoms with Crippen molar-refractivity contribution >= 4 is 16.9 Å². The van der Waals surface area contributed by atoms with E-state index in [0.29, 0.717) is 42.7 Å². The van der Waals surface area contributed by atoms with Crippen molar-refractivity contribution in [3.8, 4) is 5.95 Å². The fourth-order valence-corrected chi connectivity index (χ4v) is 3.44. The summed E-state index contributed by atoms with van der Waals surface area (Å²) in [6, 6.07) is -0.327. The molecule has 0 saturated heterocycles. The van der Waals surface area contributed by atoms with Crippen molar-refractivity contribution in [1.29, 1.82) is 0 Å². The van der Waals surface area contributed by atoms with Gasteiger partial charge in [0.15, 0.2) is 5.69 Å². The van der Waals surface area contributed by atoms with Crippen LogP contribution in [0, 0.1) is 0 Å². The number of alkyl halides is 3. The third kappa shape index (κ3) is 4.53. The summed E-state index contributed by atoms with van der Waals surface area (Å²) in [4.78, 5) is 25.5. The van der Waals surface area contributed by atoms with E-state index in [-0.39, 0.29) is 23.7 Å². The highest BCUT2D eigenvalue weighted by molar-refractivity contribution is 6.02. The Bertz CT molecular complexity index is 976. The molecule has 12 heteroatoms. The van der Waals surface area contributed by atoms with Crippen molar-refractivity contribution < 1.29 is 18.0 Å². The van der Waals surface area contributed by atoms with E-state index in [0.717, 1.165) is 0 Å². The lowest BCUT2D eigenvalue weighted by atomic mass is 9.91. The maximum atomic E-state index is 12.8. The Morgan fingerprint density at radius 3 is 2.66 bits per heavy atom. The van der Waals surface area contributed by atoms with Crippen LogP contribution < -0.4 is 10.6 Å². The van der Waals surface area contributed by atoms with E-state index in [1.165, 1.54) is 12.5 Å². The first kappa shape index (κ1) is 19.3. The number of aromatic amines is 1. The first-order chi connectivity index (χ1) is 13.9. The minimum atomic E-state index is -4.22. The van der Waals surface area contributed by atoms with Gasteiger partial charge in [-0.15, -0.1) is 0 Å². The van der Waals surface area contributed by atoms with Gasteiger partial charge in [-0.1, -0.05) is 0 Å². The molecule has 1 aliphatic carbocycles. The van der Waals surface area contributed by atoms with Crippen molar-refractivity contribution in [1.82, 2.24) is 40.3 Å². The van der Waals surface area contributed by atoms with Gasteiger partial charge < -0.3 is 10.6 Å². The van der Waals surface area contributed by atoms with E-state index < -0.39 is 12.7 Å². The van der Waals surface area contributed by atoms with Crippen LogP contribution in [0.5, 0.6) is 0 Å². The lowest BCUT2D eigenvalue weighted by molar-refractivity contribution is -0.126. The van der Waals surface area contributed by atoms with Crippen LogP contribution in [0.25, 0.3) is 17.0 Å². The normalized spacial score (nSPS) is 20.1. The van der Waals surface area contributed by atoms with E-state index >= 15 is 0 Å². The maximum absolute atomic E-state index is 12.8. The van der Waals surface area contributed by atoms with Crippen molar-refractivity contribution in [2.75, 3.05) is 6.54 Å². The number of hydrogen-bond acceptors (Lipinski definition) is 6. The topological polar surface area (TPSA) is 113 Å². The molecule has 0 spiro atoms. The summed E-state index contributed by atoms with van der Waals surface area (Å²) in [5, 5.41) is 12.1. The first-order valence-electron chi connectivity index (χ1n) is 9.19. The number of nitrogens with one attached hydrogen (secondary N) is 3. The molecule has 0 aromatic carbocycles. The number of carbonyl (C=O) groups excluding carboxylic acids is 1. The molecule has 1 amide bonds. The molecule has 1 fully saturated rings. The van der Waals surface area contributed by atoms with Crippen LogP contribution in [-0.4, -0.2) is 60.4 Å². The van der Waals surface area contributed by atoms with Gasteiger partial charge in [0, 0.05) is 24.5 Å². The number of hydrogen-bond donors (Lipinski definition) is 3. The Hall–Kier alpha value is -3.02. The second-order valence-corrected chi connectivity index (χ2v) is 6.99. The van der Waals surface area contributed by atoms with E-state index in [1.807, 2.05) is 0 Å². The number of aromatic nitrogens is 6. The number of rotatable bonds is 5. The fraction of sp³-hybridized carbons (Fsp3) is 0.471. The van der Waals surface area contributed by atoms with Crippen LogP contribution in [-0.2, 0) is 0 Å². The summed E-state index contributed by atoms with van der Waals surface area (Å²) in [6.45, 7) is -0.996. The van der Waals surface area contributed by atoms with Crippen LogP contribution in [0.15, 0.2) is 24.9 Å². The molecule has 9 nitrogen and oxygen atoms in total. The lowest BCUT2D eigenvalue weighted by Crippen LogP contribution is -2.44. The molecule has 0 bridgehead atoms. The van der Waals surface area contributed by atoms with E-state index in [1.54, 1.807) is 17.0 Å². The van der Waals surface area contributed by atoms with E-state index in [4.69, 9.17) is 0 Å². The Morgan fingerprint density at radius 1 is 1.21 bits per heavy atom. The van der Waals surface area contributed by atoms with Crippen molar-refractivity contribution in [2.24, 2.45) is 0 Å². The third-order valence-corrected chi connectivity index (χ3v) is 4.89. The van der Waals surface area contributed by atoms with Crippen LogP contribution in [0.4, 0.5) is 13.2 Å². The molecule has 3 aromatic heterocycles. The van der Waals surface area contributed by atoms with Gasteiger partial charge >= 0.3 is 6.18 Å². The summed E-state index contributed by atoms with van der Waals surface area (Å²) in [5.74, 6) is -0.0867. The third-order valence-electron chi connectivity index (χ3n) is 4.89. The van der Waals surface area contributed by atoms with Gasteiger partial charge in [0.25, 0.3) is 5.91 Å². The van der Waals surface area contributed by atoms with Gasteiger partial charge in [-0.3, -0.25) is 14.5 Å². The number of H-pyrrole nitrogens is 1. The van der Waals surface area contributed by atoms with Crippen molar-refractivity contribution in [2.45, 2.75) is 43.9 Å². The zero-order valence-corrected chi connectivity index (χ0v) is 15.3. The average Bonchev–Trinajstić information content (AvgIpc) is 3.37. The first-order valence-corrected chi connectivity index (χ1v) is 9.19. The molecular weight excluding hydrogens is 389 g/mol. The van der Waals surface area contributed by atoms with E-state index in [9.17, 15) is 18.0 Å². The van der Waals surface area contributed by atoms with Gasteiger partial charge in [0.1, 0.15) is 17.4 Å². The van der Waals surface area contributed by atoms with Crippen molar-refractivity contribution in [3.05, 3.63) is 30.6 Å². The molecule has 0 atom stereocenters. The molecule has 1 saturated carbocycles. The quantitative estimate of drug-likeness (QED) is 0.593. The fourth-order valence-electron chi connectivity index (χ4n) is 3.44. The minimum Gasteiger partial charge on any atom is -0.348 e. The maximum Gasteiger partial charge on any atom is 0.401 e. The standard InChI is InChI=1S/C17H19F3N8O/c18-17(19,20)8-22-10-1-3-11(4-2-10)24-15(29)14-13-12(7-23-27-13)25-16(26-14)28-6-5-21-9-28/h5-7,9-11,22H,1-4,8H2,(H,23,27)(H,24,29). The molecule has 3 N–H and O–H groups in total. The van der Waals surface area contributed by atoms with Gasteiger partial charge in [-0.25, -0.2) is 15.0 Å². The Kier molecular flexibility index (Phi) is 5.18. The predicted molar refractivity (Wildman–Crippen MR) is 96.4 cm³/mol.